The van der Waals surface area contributed by atoms with E-state index in [1.807, 2.05) is 12.4 Å². The van der Waals surface area contributed by atoms with Gasteiger partial charge in [-0.25, -0.2) is 0 Å². The number of aromatic nitrogens is 1. The van der Waals surface area contributed by atoms with Crippen molar-refractivity contribution in [1.82, 2.24) is 4.98 Å². The average molecular weight is 418 g/mol. The highest BCUT2D eigenvalue weighted by Crippen LogP contribution is 2.63. The van der Waals surface area contributed by atoms with Gasteiger partial charge in [0.15, 0.2) is 0 Å². The van der Waals surface area contributed by atoms with Gasteiger partial charge >= 0.3 is 0 Å². The molecule has 30 heavy (non-hydrogen) atoms. The van der Waals surface area contributed by atoms with Gasteiger partial charge in [-0.1, -0.05) is 37.6 Å². The fourth-order valence-electron chi connectivity index (χ4n) is 7.52. The van der Waals surface area contributed by atoms with Gasteiger partial charge in [0, 0.05) is 17.8 Å². The highest BCUT2D eigenvalue weighted by Gasteiger charge is 2.52. The quantitative estimate of drug-likeness (QED) is 0.429. The first-order valence-corrected chi connectivity index (χ1v) is 12.4. The summed E-state index contributed by atoms with van der Waals surface area (Å²) in [4.78, 5) is 4.31. The zero-order valence-electron chi connectivity index (χ0n) is 18.0. The molecule has 2 saturated carbocycles. The van der Waals surface area contributed by atoms with E-state index in [2.05, 4.69) is 48.3 Å². The second-order valence-corrected chi connectivity index (χ2v) is 11.3. The van der Waals surface area contributed by atoms with E-state index >= 15 is 0 Å². The number of fused-ring (bicyclic) bond motifs is 5. The normalized spacial score (nSPS) is 38.1. The van der Waals surface area contributed by atoms with Crippen LogP contribution in [0.1, 0.15) is 76.2 Å². The molecule has 1 nitrogen and oxygen atoms in total. The Hall–Kier alpha value is -1.60. The van der Waals surface area contributed by atoms with Crippen LogP contribution in [-0.4, -0.2) is 9.86 Å². The number of pyridine rings is 1. The van der Waals surface area contributed by atoms with Gasteiger partial charge in [-0.3, -0.25) is 4.98 Å². The Balaban J connectivity index is 1.35. The smallest absolute Gasteiger partial charge is 0.0658 e. The molecule has 0 amide bonds. The number of alkyl halides is 1. The van der Waals surface area contributed by atoms with Crippen molar-refractivity contribution in [3.8, 4) is 0 Å². The summed E-state index contributed by atoms with van der Waals surface area (Å²) in [5.74, 6) is 2.13. The summed E-state index contributed by atoms with van der Waals surface area (Å²) >= 11 is 7.20. The minimum atomic E-state index is -0.0455. The fourth-order valence-corrected chi connectivity index (χ4v) is 7.91. The monoisotopic (exact) mass is 417 g/mol. The van der Waals surface area contributed by atoms with Gasteiger partial charge in [0.2, 0.25) is 0 Å². The Kier molecular flexibility index (Phi) is 4.43. The summed E-state index contributed by atoms with van der Waals surface area (Å²) in [5.41, 5.74) is 5.05. The van der Waals surface area contributed by atoms with Crippen molar-refractivity contribution >= 4 is 22.4 Å². The Morgan fingerprint density at radius 3 is 2.90 bits per heavy atom. The van der Waals surface area contributed by atoms with E-state index in [-0.39, 0.29) is 4.87 Å². The van der Waals surface area contributed by atoms with Crippen molar-refractivity contribution in [1.29, 1.82) is 0 Å². The van der Waals surface area contributed by atoms with Crippen LogP contribution < -0.4 is 0 Å². The van der Waals surface area contributed by atoms with Gasteiger partial charge in [0.05, 0.1) is 4.87 Å². The van der Waals surface area contributed by atoms with Gasteiger partial charge in [-0.15, -0.1) is 11.6 Å². The molecule has 5 atom stereocenters. The molecule has 4 aliphatic rings. The predicted molar refractivity (Wildman–Crippen MR) is 126 cm³/mol. The van der Waals surface area contributed by atoms with Crippen LogP contribution in [-0.2, 0) is 0 Å². The molecule has 4 aliphatic carbocycles. The molecular weight excluding hydrogens is 386 g/mol. The van der Waals surface area contributed by atoms with Crippen molar-refractivity contribution in [3.05, 3.63) is 65.5 Å². The van der Waals surface area contributed by atoms with E-state index in [4.69, 9.17) is 11.6 Å². The summed E-state index contributed by atoms with van der Waals surface area (Å²) in [6, 6.07) is 9.22. The summed E-state index contributed by atoms with van der Waals surface area (Å²) in [6.07, 6.45) is 20.4. The van der Waals surface area contributed by atoms with Crippen molar-refractivity contribution in [3.63, 3.8) is 0 Å². The van der Waals surface area contributed by atoms with E-state index < -0.39 is 0 Å². The zero-order chi connectivity index (χ0) is 20.3. The second kappa shape index (κ2) is 6.95. The molecule has 1 aromatic heterocycles. The SMILES string of the molecule is CC12CC=C3C=C4CCCC[C@]4(Cl)CCC3C1CCC2c1ccc2ccncc2c1. The molecule has 2 heteroatoms. The fraction of sp³-hybridized carbons (Fsp3) is 0.536. The van der Waals surface area contributed by atoms with Crippen molar-refractivity contribution < 1.29 is 0 Å². The first-order chi connectivity index (χ1) is 14.6. The summed E-state index contributed by atoms with van der Waals surface area (Å²) in [6.45, 7) is 2.58. The second-order valence-electron chi connectivity index (χ2n) is 10.6. The van der Waals surface area contributed by atoms with E-state index in [1.165, 1.54) is 74.1 Å². The minimum absolute atomic E-state index is 0.0455. The molecule has 0 aliphatic heterocycles. The van der Waals surface area contributed by atoms with Crippen LogP contribution in [0.4, 0.5) is 0 Å². The van der Waals surface area contributed by atoms with Gasteiger partial charge in [0.25, 0.3) is 0 Å². The number of rotatable bonds is 1. The van der Waals surface area contributed by atoms with Gasteiger partial charge in [0.1, 0.15) is 0 Å². The first kappa shape index (κ1) is 19.1. The number of halogens is 1. The molecule has 1 aromatic carbocycles. The molecular formula is C28H32ClN. The minimum Gasteiger partial charge on any atom is -0.264 e. The van der Waals surface area contributed by atoms with E-state index in [1.54, 1.807) is 11.1 Å². The molecule has 4 unspecified atom stereocenters. The molecule has 0 saturated heterocycles. The largest absolute Gasteiger partial charge is 0.264 e. The average Bonchev–Trinajstić information content (AvgIpc) is 3.03. The maximum absolute atomic E-state index is 7.20. The maximum atomic E-state index is 7.20. The van der Waals surface area contributed by atoms with Gasteiger partial charge in [-0.05, 0) is 109 Å². The highest BCUT2D eigenvalue weighted by atomic mass is 35.5. The lowest BCUT2D eigenvalue weighted by Gasteiger charge is -2.44. The Morgan fingerprint density at radius 2 is 1.97 bits per heavy atom. The third-order valence-electron chi connectivity index (χ3n) is 9.21. The molecule has 0 radical (unpaired) electrons. The Morgan fingerprint density at radius 1 is 1.03 bits per heavy atom. The van der Waals surface area contributed by atoms with E-state index in [0.717, 1.165) is 5.92 Å². The highest BCUT2D eigenvalue weighted by molar-refractivity contribution is 6.26. The molecule has 156 valence electrons. The van der Waals surface area contributed by atoms with Crippen molar-refractivity contribution in [2.75, 3.05) is 0 Å². The number of hydrogen-bond donors (Lipinski definition) is 0. The standard InChI is InChI=1S/C28H32ClN/c1-27-13-9-20-17-23-4-2-3-12-28(23,29)14-10-24(20)26(27)8-7-25(27)21-6-5-19-11-15-30-18-22(19)16-21/h5-6,9,11,15-18,24-26H,2-4,7-8,10,12-14H2,1H3/t24?,25?,26?,27?,28-/m0/s1. The van der Waals surface area contributed by atoms with Crippen LogP contribution in [0.25, 0.3) is 10.8 Å². The number of allylic oxidation sites excluding steroid dienone is 4. The molecule has 6 rings (SSSR count). The summed E-state index contributed by atoms with van der Waals surface area (Å²) < 4.78 is 0. The zero-order valence-corrected chi connectivity index (χ0v) is 18.8. The topological polar surface area (TPSA) is 12.9 Å². The predicted octanol–water partition coefficient (Wildman–Crippen LogP) is 7.95. The van der Waals surface area contributed by atoms with Crippen LogP contribution in [0.15, 0.2) is 60.0 Å². The summed E-state index contributed by atoms with van der Waals surface area (Å²) in [5, 5.41) is 2.58. The van der Waals surface area contributed by atoms with Crippen LogP contribution >= 0.6 is 11.6 Å². The van der Waals surface area contributed by atoms with E-state index in [9.17, 15) is 0 Å². The Bertz CT molecular complexity index is 1050. The molecule has 2 aromatic rings. The number of hydrogen-bond acceptors (Lipinski definition) is 1. The van der Waals surface area contributed by atoms with Crippen LogP contribution in [0.3, 0.4) is 0 Å². The molecule has 0 N–H and O–H groups in total. The van der Waals surface area contributed by atoms with Gasteiger partial charge in [-0.2, -0.15) is 0 Å². The lowest BCUT2D eigenvalue weighted by Crippen LogP contribution is -2.36. The molecule has 0 spiro atoms. The van der Waals surface area contributed by atoms with Crippen LogP contribution in [0.2, 0.25) is 0 Å². The maximum Gasteiger partial charge on any atom is 0.0658 e. The Labute approximate surface area is 185 Å². The lowest BCUT2D eigenvalue weighted by atomic mass is 9.60. The van der Waals surface area contributed by atoms with Crippen LogP contribution in [0, 0.1) is 17.3 Å². The third kappa shape index (κ3) is 2.84. The molecule has 2 fully saturated rings. The molecule has 0 bridgehead atoms. The van der Waals surface area contributed by atoms with Crippen molar-refractivity contribution in [2.24, 2.45) is 17.3 Å². The summed E-state index contributed by atoms with van der Waals surface area (Å²) in [7, 11) is 0. The van der Waals surface area contributed by atoms with E-state index in [0.29, 0.717) is 17.3 Å². The van der Waals surface area contributed by atoms with Crippen molar-refractivity contribution in [2.45, 2.75) is 75.5 Å². The third-order valence-corrected chi connectivity index (χ3v) is 9.83. The lowest BCUT2D eigenvalue weighted by molar-refractivity contribution is 0.137. The first-order valence-electron chi connectivity index (χ1n) is 12.0. The van der Waals surface area contributed by atoms with Crippen LogP contribution in [0.5, 0.6) is 0 Å². The molecule has 1 heterocycles. The van der Waals surface area contributed by atoms with Gasteiger partial charge < -0.3 is 0 Å². The number of nitrogens with zero attached hydrogens (tertiary/aromatic N) is 1. The number of benzene rings is 1.